The second kappa shape index (κ2) is 12.1. The highest BCUT2D eigenvalue weighted by molar-refractivity contribution is 5.98. The maximum Gasteiger partial charge on any atom is 0.301 e. The predicted molar refractivity (Wildman–Crippen MR) is 157 cm³/mol. The van der Waals surface area contributed by atoms with E-state index in [2.05, 4.69) is 30.7 Å². The van der Waals surface area contributed by atoms with Gasteiger partial charge in [-0.3, -0.25) is 14.6 Å². The van der Waals surface area contributed by atoms with E-state index < -0.39 is 29.9 Å². The molecule has 0 radical (unpaired) electrons. The van der Waals surface area contributed by atoms with E-state index in [1.165, 1.54) is 24.8 Å². The maximum absolute atomic E-state index is 14.0. The Morgan fingerprint density at radius 1 is 1.04 bits per heavy atom. The van der Waals surface area contributed by atoms with Gasteiger partial charge in [-0.25, -0.2) is 18.2 Å². The average molecular weight is 619 g/mol. The minimum Gasteiger partial charge on any atom is -0.436 e. The molecule has 0 saturated carbocycles. The second-order valence-corrected chi connectivity index (χ2v) is 11.3. The summed E-state index contributed by atoms with van der Waals surface area (Å²) in [6.07, 6.45) is -0.158. The Morgan fingerprint density at radius 2 is 1.80 bits per heavy atom. The first kappa shape index (κ1) is 29.9. The summed E-state index contributed by atoms with van der Waals surface area (Å²) in [5.74, 6) is -1.44. The van der Waals surface area contributed by atoms with Crippen molar-refractivity contribution in [3.63, 3.8) is 0 Å². The first-order valence-electron chi connectivity index (χ1n) is 14.4. The number of pyridine rings is 1. The van der Waals surface area contributed by atoms with E-state index in [4.69, 9.17) is 4.42 Å². The zero-order valence-corrected chi connectivity index (χ0v) is 24.4. The van der Waals surface area contributed by atoms with Crippen molar-refractivity contribution in [2.75, 3.05) is 18.4 Å². The monoisotopic (exact) mass is 618 g/mol. The van der Waals surface area contributed by atoms with Gasteiger partial charge in [-0.15, -0.1) is 10.2 Å². The summed E-state index contributed by atoms with van der Waals surface area (Å²) in [6.45, 7) is 3.18. The molecule has 1 saturated heterocycles. The smallest absolute Gasteiger partial charge is 0.301 e. The molecule has 5 aromatic rings. The number of carbonyl (C=O) groups excluding carboxylic acids is 2. The Balaban J connectivity index is 1.16. The van der Waals surface area contributed by atoms with Gasteiger partial charge < -0.3 is 14.6 Å². The van der Waals surface area contributed by atoms with Crippen molar-refractivity contribution in [2.24, 2.45) is 5.92 Å². The van der Waals surface area contributed by atoms with Crippen LogP contribution < -0.4 is 5.32 Å². The van der Waals surface area contributed by atoms with Gasteiger partial charge in [0.2, 0.25) is 11.7 Å². The zero-order valence-electron chi connectivity index (χ0n) is 24.4. The minimum absolute atomic E-state index is 0.0270. The van der Waals surface area contributed by atoms with Gasteiger partial charge in [0, 0.05) is 30.5 Å². The molecule has 3 aromatic heterocycles. The summed E-state index contributed by atoms with van der Waals surface area (Å²) in [7, 11) is 0. The van der Waals surface area contributed by atoms with Gasteiger partial charge >= 0.3 is 6.43 Å². The lowest BCUT2D eigenvalue weighted by Gasteiger charge is -2.35. The maximum atomic E-state index is 14.0. The minimum atomic E-state index is -2.83. The number of alkyl halides is 3. The first-order chi connectivity index (χ1) is 21.6. The molecule has 1 aliphatic rings. The summed E-state index contributed by atoms with van der Waals surface area (Å²) in [6, 6.07) is 17.0. The number of oxazole rings is 1. The van der Waals surface area contributed by atoms with E-state index in [9.17, 15) is 22.8 Å². The number of hydrogen-bond donors (Lipinski definition) is 1. The van der Waals surface area contributed by atoms with Gasteiger partial charge in [0.15, 0.2) is 11.3 Å². The van der Waals surface area contributed by atoms with Crippen LogP contribution in [0.1, 0.15) is 61.0 Å². The van der Waals surface area contributed by atoms with Crippen LogP contribution in [-0.4, -0.2) is 65.6 Å². The zero-order chi connectivity index (χ0) is 31.7. The van der Waals surface area contributed by atoms with Crippen molar-refractivity contribution in [3.05, 3.63) is 83.9 Å². The number of piperidine rings is 1. The molecule has 0 aliphatic carbocycles. The normalized spacial score (nSPS) is 15.0. The summed E-state index contributed by atoms with van der Waals surface area (Å²) in [5.41, 5.74) is 0.838. The van der Waals surface area contributed by atoms with E-state index in [-0.39, 0.29) is 23.4 Å². The topological polar surface area (TPSA) is 132 Å². The summed E-state index contributed by atoms with van der Waals surface area (Å²) < 4.78 is 46.3. The molecule has 2 amide bonds. The number of nitrogens with zero attached hydrogens (tertiary/aromatic N) is 7. The molecule has 2 aromatic carbocycles. The number of aromatic nitrogens is 6. The fourth-order valence-electron chi connectivity index (χ4n) is 5.36. The number of nitrogens with one attached hydrogen (secondary N) is 1. The Labute approximate surface area is 255 Å². The van der Waals surface area contributed by atoms with E-state index in [0.29, 0.717) is 48.3 Å². The van der Waals surface area contributed by atoms with Crippen molar-refractivity contribution >= 4 is 28.6 Å². The highest BCUT2D eigenvalue weighted by Gasteiger charge is 2.33. The van der Waals surface area contributed by atoms with Crippen molar-refractivity contribution in [1.29, 1.82) is 0 Å². The third kappa shape index (κ3) is 6.40. The molecule has 11 nitrogen and oxygen atoms in total. The van der Waals surface area contributed by atoms with Crippen LogP contribution in [0.25, 0.3) is 22.6 Å². The highest BCUT2D eigenvalue weighted by atomic mass is 19.3. The van der Waals surface area contributed by atoms with Gasteiger partial charge in [-0.1, -0.05) is 30.3 Å². The summed E-state index contributed by atoms with van der Waals surface area (Å²) >= 11 is 0. The highest BCUT2D eigenvalue weighted by Crippen LogP contribution is 2.34. The van der Waals surface area contributed by atoms with E-state index >= 15 is 0 Å². The molecule has 1 atom stereocenters. The van der Waals surface area contributed by atoms with Gasteiger partial charge in [-0.2, -0.15) is 4.80 Å². The van der Waals surface area contributed by atoms with Gasteiger partial charge in [0.05, 0.1) is 0 Å². The Morgan fingerprint density at radius 3 is 2.49 bits per heavy atom. The van der Waals surface area contributed by atoms with Crippen LogP contribution in [0.2, 0.25) is 0 Å². The number of rotatable bonds is 8. The summed E-state index contributed by atoms with van der Waals surface area (Å²) in [5, 5.41) is 13.9. The first-order valence-corrected chi connectivity index (χ1v) is 14.4. The second-order valence-electron chi connectivity index (χ2n) is 11.3. The van der Waals surface area contributed by atoms with Crippen molar-refractivity contribution < 1.29 is 27.2 Å². The molecule has 14 heteroatoms. The molecule has 4 heterocycles. The molecule has 1 unspecified atom stereocenters. The molecular formula is C31H29F3N8O3. The van der Waals surface area contributed by atoms with Crippen LogP contribution in [-0.2, 0) is 4.79 Å². The van der Waals surface area contributed by atoms with E-state index in [0.717, 1.165) is 5.56 Å². The Kier molecular flexibility index (Phi) is 8.04. The number of carbonyl (C=O) groups is 2. The van der Waals surface area contributed by atoms with Crippen LogP contribution in [0, 0.1) is 5.92 Å². The lowest BCUT2D eigenvalue weighted by molar-refractivity contribution is -0.125. The van der Waals surface area contributed by atoms with Crippen LogP contribution in [0.3, 0.4) is 0 Å². The van der Waals surface area contributed by atoms with Crippen molar-refractivity contribution in [2.45, 2.75) is 44.8 Å². The molecule has 0 spiro atoms. The third-order valence-corrected chi connectivity index (χ3v) is 7.71. The average Bonchev–Trinajstić information content (AvgIpc) is 3.69. The van der Waals surface area contributed by atoms with Gasteiger partial charge in [0.25, 0.3) is 11.8 Å². The molecule has 1 N–H and O–H groups in total. The number of fused-ring (bicyclic) bond motifs is 1. The lowest BCUT2D eigenvalue weighted by Crippen LogP contribution is -2.41. The van der Waals surface area contributed by atoms with E-state index in [1.54, 1.807) is 35.2 Å². The number of likely N-dealkylation sites (tertiary alicyclic amines) is 1. The third-order valence-electron chi connectivity index (χ3n) is 7.71. The van der Waals surface area contributed by atoms with Crippen LogP contribution >= 0.6 is 0 Å². The number of halogens is 3. The van der Waals surface area contributed by atoms with Crippen LogP contribution in [0.15, 0.2) is 71.3 Å². The molecule has 232 valence electrons. The Hall–Kier alpha value is -5.14. The van der Waals surface area contributed by atoms with Crippen molar-refractivity contribution in [3.8, 4) is 11.5 Å². The van der Waals surface area contributed by atoms with Gasteiger partial charge in [0.1, 0.15) is 17.3 Å². The molecule has 1 fully saturated rings. The number of benzene rings is 2. The van der Waals surface area contributed by atoms with Crippen molar-refractivity contribution in [1.82, 2.24) is 35.1 Å². The summed E-state index contributed by atoms with van der Waals surface area (Å²) in [4.78, 5) is 37.3. The lowest BCUT2D eigenvalue weighted by atomic mass is 9.85. The predicted octanol–water partition coefficient (Wildman–Crippen LogP) is 5.64. The molecular weight excluding hydrogens is 589 g/mol. The van der Waals surface area contributed by atoms with Crippen LogP contribution in [0.5, 0.6) is 0 Å². The SMILES string of the molecule is CC(C)(F)C(=O)Nc1ccc2oc(-c3ccnc(C(=O)N4CCC(C(c5ccccc5)n5nnc(C(F)F)n5)CC4)c3)nc2c1. The van der Waals surface area contributed by atoms with Gasteiger partial charge in [-0.05, 0) is 73.7 Å². The standard InChI is InChI=1S/C31H29F3N8O3/c1-31(2,34)30(44)36-21-8-9-24-22(17-21)37-28(45-24)20-10-13-35-23(16-20)29(43)41-14-11-19(12-15-41)25(18-6-4-3-5-7-18)42-39-27(26(32)33)38-40-42/h3-10,13,16-17,19,25-26H,11-12,14-15H2,1-2H3,(H,36,44). The quantitative estimate of drug-likeness (QED) is 0.236. The molecule has 6 rings (SSSR count). The molecule has 45 heavy (non-hydrogen) atoms. The van der Waals surface area contributed by atoms with Crippen LogP contribution in [0.4, 0.5) is 18.9 Å². The molecule has 0 bridgehead atoms. The fourth-order valence-corrected chi connectivity index (χ4v) is 5.36. The largest absolute Gasteiger partial charge is 0.436 e. The van der Waals surface area contributed by atoms with E-state index in [1.807, 2.05) is 30.3 Å². The number of tetrazole rings is 1. The number of amides is 2. The Bertz CT molecular complexity index is 1830. The number of hydrogen-bond acceptors (Lipinski definition) is 8. The number of anilines is 1. The molecule has 1 aliphatic heterocycles. The fraction of sp³-hybridized carbons (Fsp3) is 0.323.